The third kappa shape index (κ3) is 1.51. The lowest BCUT2D eigenvalue weighted by molar-refractivity contribution is -0.685. The van der Waals surface area contributed by atoms with Gasteiger partial charge in [0.05, 0.1) is 0 Å². The Morgan fingerprint density at radius 3 is 2.12 bits per heavy atom. The Labute approximate surface area is 97.7 Å². The van der Waals surface area contributed by atoms with Crippen LogP contribution in [0.1, 0.15) is 36.7 Å². The van der Waals surface area contributed by atoms with Crippen molar-refractivity contribution in [3.63, 3.8) is 0 Å². The summed E-state index contributed by atoms with van der Waals surface area (Å²) in [6, 6.07) is 8.71. The van der Waals surface area contributed by atoms with E-state index in [2.05, 4.69) is 63.6 Å². The van der Waals surface area contributed by atoms with Gasteiger partial charge in [-0.25, -0.2) is 4.57 Å². The summed E-state index contributed by atoms with van der Waals surface area (Å²) in [7, 11) is 2.17. The van der Waals surface area contributed by atoms with Crippen molar-refractivity contribution < 1.29 is 4.57 Å². The van der Waals surface area contributed by atoms with Crippen molar-refractivity contribution in [1.82, 2.24) is 0 Å². The highest BCUT2D eigenvalue weighted by atomic mass is 14.9. The van der Waals surface area contributed by atoms with Crippen LogP contribution >= 0.6 is 0 Å². The molecule has 1 heterocycles. The van der Waals surface area contributed by atoms with E-state index in [9.17, 15) is 0 Å². The molecule has 2 aromatic rings. The minimum atomic E-state index is 0.550. The molecule has 1 aromatic carbocycles. The third-order valence-electron chi connectivity index (χ3n) is 3.56. The van der Waals surface area contributed by atoms with Gasteiger partial charge < -0.3 is 0 Å². The topological polar surface area (TPSA) is 3.88 Å². The molecule has 1 aromatic heterocycles. The Bertz CT molecular complexity index is 539. The maximum absolute atomic E-state index is 2.34. The average Bonchev–Trinajstić information content (AvgIpc) is 2.26. The summed E-state index contributed by atoms with van der Waals surface area (Å²) >= 11 is 0. The summed E-state index contributed by atoms with van der Waals surface area (Å²) in [6.07, 6.45) is 0. The van der Waals surface area contributed by atoms with Crippen LogP contribution in [0.25, 0.3) is 10.8 Å². The summed E-state index contributed by atoms with van der Waals surface area (Å²) in [5.74, 6) is 0.550. The van der Waals surface area contributed by atoms with E-state index in [1.54, 1.807) is 0 Å². The first-order valence-corrected chi connectivity index (χ1v) is 5.92. The highest BCUT2D eigenvalue weighted by Crippen LogP contribution is 2.25. The molecular formula is C15H20N+. The van der Waals surface area contributed by atoms with Crippen LogP contribution < -0.4 is 4.57 Å². The number of nitrogens with zero attached hydrogens (tertiary/aromatic N) is 1. The van der Waals surface area contributed by atoms with Gasteiger partial charge in [0.15, 0.2) is 11.4 Å². The number of pyridine rings is 1. The maximum Gasteiger partial charge on any atom is 0.191 e. The molecule has 0 aliphatic rings. The molecule has 0 atom stereocenters. The number of rotatable bonds is 1. The normalized spacial score (nSPS) is 11.4. The molecule has 84 valence electrons. The first-order valence-electron chi connectivity index (χ1n) is 5.92. The highest BCUT2D eigenvalue weighted by Gasteiger charge is 2.20. The summed E-state index contributed by atoms with van der Waals surface area (Å²) in [5, 5.41) is 2.78. The van der Waals surface area contributed by atoms with Gasteiger partial charge in [0.25, 0.3) is 0 Å². The summed E-state index contributed by atoms with van der Waals surface area (Å²) in [5.41, 5.74) is 4.18. The van der Waals surface area contributed by atoms with Crippen LogP contribution in [0.2, 0.25) is 0 Å². The van der Waals surface area contributed by atoms with E-state index in [0.717, 1.165) is 0 Å². The van der Waals surface area contributed by atoms with Crippen molar-refractivity contribution in [2.75, 3.05) is 0 Å². The lowest BCUT2D eigenvalue weighted by Gasteiger charge is -2.12. The molecule has 0 spiro atoms. The van der Waals surface area contributed by atoms with Crippen molar-refractivity contribution in [3.05, 3.63) is 41.2 Å². The molecule has 0 N–H and O–H groups in total. The largest absolute Gasteiger partial charge is 0.202 e. The molecule has 0 saturated carbocycles. The van der Waals surface area contributed by atoms with E-state index in [1.807, 2.05) is 0 Å². The Hall–Kier alpha value is -1.37. The predicted molar refractivity (Wildman–Crippen MR) is 68.7 cm³/mol. The van der Waals surface area contributed by atoms with Crippen LogP contribution in [0.4, 0.5) is 0 Å². The SMILES string of the molecule is Cc1c(C)[n+](C)c(C(C)C)c2ccccc12. The fraction of sp³-hybridized carbons (Fsp3) is 0.400. The van der Waals surface area contributed by atoms with Gasteiger partial charge in [-0.05, 0) is 18.4 Å². The van der Waals surface area contributed by atoms with Crippen molar-refractivity contribution in [2.24, 2.45) is 7.05 Å². The number of fused-ring (bicyclic) bond motifs is 1. The molecule has 0 saturated heterocycles. The zero-order valence-electron chi connectivity index (χ0n) is 10.8. The summed E-state index contributed by atoms with van der Waals surface area (Å²) < 4.78 is 2.34. The van der Waals surface area contributed by atoms with Crippen LogP contribution in [0.3, 0.4) is 0 Å². The van der Waals surface area contributed by atoms with Gasteiger partial charge in [-0.1, -0.05) is 32.0 Å². The smallest absolute Gasteiger partial charge is 0.191 e. The molecule has 0 unspecified atom stereocenters. The fourth-order valence-corrected chi connectivity index (χ4v) is 2.54. The lowest BCUT2D eigenvalue weighted by atomic mass is 9.97. The monoisotopic (exact) mass is 214 g/mol. The van der Waals surface area contributed by atoms with Crippen LogP contribution in [0.5, 0.6) is 0 Å². The zero-order chi connectivity index (χ0) is 11.9. The minimum Gasteiger partial charge on any atom is -0.202 e. The first-order chi connectivity index (χ1) is 7.54. The van der Waals surface area contributed by atoms with Crippen LogP contribution in [-0.4, -0.2) is 0 Å². The summed E-state index contributed by atoms with van der Waals surface area (Å²) in [6.45, 7) is 8.93. The van der Waals surface area contributed by atoms with Gasteiger partial charge in [-0.2, -0.15) is 0 Å². The lowest BCUT2D eigenvalue weighted by Crippen LogP contribution is -2.38. The average molecular weight is 214 g/mol. The zero-order valence-corrected chi connectivity index (χ0v) is 10.8. The molecular weight excluding hydrogens is 194 g/mol. The molecule has 0 fully saturated rings. The van der Waals surface area contributed by atoms with E-state index in [0.29, 0.717) is 5.92 Å². The molecule has 0 amide bonds. The third-order valence-corrected chi connectivity index (χ3v) is 3.56. The fourth-order valence-electron chi connectivity index (χ4n) is 2.54. The van der Waals surface area contributed by atoms with Crippen LogP contribution in [0.15, 0.2) is 24.3 Å². The number of aromatic nitrogens is 1. The molecule has 0 aliphatic carbocycles. The Morgan fingerprint density at radius 1 is 1.00 bits per heavy atom. The van der Waals surface area contributed by atoms with Crippen LogP contribution in [-0.2, 0) is 7.05 Å². The number of aryl methyl sites for hydroxylation is 1. The molecule has 1 heteroatoms. The predicted octanol–water partition coefficient (Wildman–Crippen LogP) is 3.40. The Kier molecular flexibility index (Phi) is 2.71. The van der Waals surface area contributed by atoms with Crippen molar-refractivity contribution >= 4 is 10.8 Å². The molecule has 0 bridgehead atoms. The second kappa shape index (κ2) is 3.89. The van der Waals surface area contributed by atoms with E-state index in [-0.39, 0.29) is 0 Å². The Balaban J connectivity index is 2.98. The van der Waals surface area contributed by atoms with Crippen molar-refractivity contribution in [2.45, 2.75) is 33.6 Å². The second-order valence-corrected chi connectivity index (χ2v) is 4.85. The van der Waals surface area contributed by atoms with Gasteiger partial charge >= 0.3 is 0 Å². The van der Waals surface area contributed by atoms with Crippen molar-refractivity contribution in [1.29, 1.82) is 0 Å². The number of hydrogen-bond acceptors (Lipinski definition) is 0. The molecule has 0 radical (unpaired) electrons. The summed E-state index contributed by atoms with van der Waals surface area (Å²) in [4.78, 5) is 0. The Morgan fingerprint density at radius 2 is 1.56 bits per heavy atom. The van der Waals surface area contributed by atoms with E-state index in [4.69, 9.17) is 0 Å². The molecule has 16 heavy (non-hydrogen) atoms. The maximum atomic E-state index is 2.34. The van der Waals surface area contributed by atoms with Gasteiger partial charge in [-0.15, -0.1) is 0 Å². The van der Waals surface area contributed by atoms with Crippen molar-refractivity contribution in [3.8, 4) is 0 Å². The number of benzene rings is 1. The van der Waals surface area contributed by atoms with Gasteiger partial charge in [-0.3, -0.25) is 0 Å². The van der Waals surface area contributed by atoms with E-state index in [1.165, 1.54) is 27.7 Å². The molecule has 1 nitrogen and oxygen atoms in total. The van der Waals surface area contributed by atoms with Gasteiger partial charge in [0.1, 0.15) is 7.05 Å². The van der Waals surface area contributed by atoms with Gasteiger partial charge in [0, 0.05) is 23.8 Å². The standard InChI is InChI=1S/C15H20N/c1-10(2)15-14-9-7-6-8-13(14)11(3)12(4)16(15)5/h6-10H,1-5H3/q+1. The van der Waals surface area contributed by atoms with E-state index < -0.39 is 0 Å². The minimum absolute atomic E-state index is 0.550. The van der Waals surface area contributed by atoms with E-state index >= 15 is 0 Å². The highest BCUT2D eigenvalue weighted by molar-refractivity contribution is 5.87. The number of hydrogen-bond donors (Lipinski definition) is 0. The second-order valence-electron chi connectivity index (χ2n) is 4.85. The first kappa shape index (κ1) is 11.1. The van der Waals surface area contributed by atoms with Gasteiger partial charge in [0.2, 0.25) is 0 Å². The molecule has 2 rings (SSSR count). The quantitative estimate of drug-likeness (QED) is 0.641. The molecule has 0 aliphatic heterocycles. The van der Waals surface area contributed by atoms with Crippen LogP contribution in [0, 0.1) is 13.8 Å².